The molecule has 2 aromatic rings. The van der Waals surface area contributed by atoms with Crippen molar-refractivity contribution in [3.05, 3.63) is 48.5 Å². The summed E-state index contributed by atoms with van der Waals surface area (Å²) in [7, 11) is 0. The maximum absolute atomic E-state index is 12.2. The van der Waals surface area contributed by atoms with Crippen molar-refractivity contribution >= 4 is 11.9 Å². The number of carbonyl (C=O) groups excluding carboxylic acids is 1. The fourth-order valence-electron chi connectivity index (χ4n) is 2.63. The fourth-order valence-corrected chi connectivity index (χ4v) is 2.63. The molecule has 1 amide bonds. The van der Waals surface area contributed by atoms with E-state index in [0.717, 1.165) is 11.3 Å². The summed E-state index contributed by atoms with van der Waals surface area (Å²) >= 11 is 0. The van der Waals surface area contributed by atoms with Crippen LogP contribution in [0.1, 0.15) is 45.2 Å². The van der Waals surface area contributed by atoms with Crippen molar-refractivity contribution in [2.45, 2.75) is 39.7 Å². The van der Waals surface area contributed by atoms with Gasteiger partial charge in [-0.15, -0.1) is 0 Å². The Bertz CT molecular complexity index is 691. The number of aliphatic carboxylic acids is 1. The Kier molecular flexibility index (Phi) is 5.39. The highest BCUT2D eigenvalue weighted by Gasteiger charge is 2.25. The van der Waals surface area contributed by atoms with Crippen LogP contribution in [0, 0.1) is 5.41 Å². The average molecular weight is 329 g/mol. The molecule has 0 radical (unpaired) electrons. The van der Waals surface area contributed by atoms with E-state index in [1.165, 1.54) is 0 Å². The first-order valence-electron chi connectivity index (χ1n) is 7.86. The molecule has 1 atom stereocenters. The molecule has 0 aliphatic carbocycles. The van der Waals surface area contributed by atoms with Gasteiger partial charge in [-0.3, -0.25) is 9.59 Å². The lowest BCUT2D eigenvalue weighted by atomic mass is 9.85. The molecule has 128 valence electrons. The van der Waals surface area contributed by atoms with Crippen LogP contribution in [-0.4, -0.2) is 26.5 Å². The first-order valence-corrected chi connectivity index (χ1v) is 7.86. The molecule has 0 saturated heterocycles. The van der Waals surface area contributed by atoms with Crippen molar-refractivity contribution in [1.82, 2.24) is 14.9 Å². The highest BCUT2D eigenvalue weighted by atomic mass is 16.4. The van der Waals surface area contributed by atoms with Gasteiger partial charge in [0.15, 0.2) is 0 Å². The number of rotatable bonds is 7. The number of carboxylic acids is 1. The first kappa shape index (κ1) is 17.7. The Morgan fingerprint density at radius 3 is 2.46 bits per heavy atom. The van der Waals surface area contributed by atoms with Gasteiger partial charge in [0.25, 0.3) is 0 Å². The second-order valence-corrected chi connectivity index (χ2v) is 6.76. The van der Waals surface area contributed by atoms with Crippen LogP contribution in [0.4, 0.5) is 0 Å². The van der Waals surface area contributed by atoms with E-state index >= 15 is 0 Å². The van der Waals surface area contributed by atoms with Crippen molar-refractivity contribution < 1.29 is 14.7 Å². The van der Waals surface area contributed by atoms with Crippen molar-refractivity contribution in [2.75, 3.05) is 0 Å². The molecule has 24 heavy (non-hydrogen) atoms. The van der Waals surface area contributed by atoms with Crippen LogP contribution in [0.15, 0.2) is 43.0 Å². The van der Waals surface area contributed by atoms with Crippen LogP contribution in [0.5, 0.6) is 0 Å². The summed E-state index contributed by atoms with van der Waals surface area (Å²) in [6.07, 6.45) is 5.45. The van der Waals surface area contributed by atoms with Gasteiger partial charge in [0.05, 0.1) is 18.8 Å². The molecule has 0 aliphatic rings. The Balaban J connectivity index is 1.95. The Morgan fingerprint density at radius 1 is 1.25 bits per heavy atom. The molecule has 0 unspecified atom stereocenters. The zero-order valence-corrected chi connectivity index (χ0v) is 14.2. The highest BCUT2D eigenvalue weighted by molar-refractivity contribution is 5.78. The number of nitrogens with one attached hydrogen (secondary N) is 1. The third-order valence-corrected chi connectivity index (χ3v) is 3.84. The molecule has 1 heterocycles. The maximum Gasteiger partial charge on any atom is 0.303 e. The summed E-state index contributed by atoms with van der Waals surface area (Å²) in [5.74, 6) is -1.04. The normalized spacial score (nSPS) is 12.6. The summed E-state index contributed by atoms with van der Waals surface area (Å²) in [4.78, 5) is 27.0. The number of benzene rings is 1. The van der Waals surface area contributed by atoms with E-state index < -0.39 is 11.4 Å². The molecule has 6 heteroatoms. The van der Waals surface area contributed by atoms with E-state index in [0.29, 0.717) is 0 Å². The van der Waals surface area contributed by atoms with Gasteiger partial charge >= 0.3 is 5.97 Å². The summed E-state index contributed by atoms with van der Waals surface area (Å²) < 4.78 is 1.90. The second kappa shape index (κ2) is 7.29. The molecule has 0 saturated carbocycles. The third-order valence-electron chi connectivity index (χ3n) is 3.84. The molecule has 0 spiro atoms. The van der Waals surface area contributed by atoms with Crippen molar-refractivity contribution in [1.29, 1.82) is 0 Å². The minimum atomic E-state index is -0.893. The van der Waals surface area contributed by atoms with Crippen molar-refractivity contribution in [2.24, 2.45) is 5.41 Å². The van der Waals surface area contributed by atoms with Gasteiger partial charge in [0, 0.05) is 24.5 Å². The summed E-state index contributed by atoms with van der Waals surface area (Å²) in [6.45, 7) is 5.48. The molecule has 1 aromatic carbocycles. The zero-order valence-electron chi connectivity index (χ0n) is 14.2. The Morgan fingerprint density at radius 2 is 1.92 bits per heavy atom. The lowest BCUT2D eigenvalue weighted by Gasteiger charge is -2.23. The highest BCUT2D eigenvalue weighted by Crippen LogP contribution is 2.25. The average Bonchev–Trinajstić information content (AvgIpc) is 2.99. The standard InChI is InChI=1S/C18H23N3O3/c1-13(20-16(22)10-18(2,3)11-17(23)24)14-4-6-15(7-5-14)21-9-8-19-12-21/h4-9,12-13H,10-11H2,1-3H3,(H,20,22)(H,23,24)/t13-/m0/s1. The lowest BCUT2D eigenvalue weighted by molar-refractivity contribution is -0.139. The van der Waals surface area contributed by atoms with Crippen LogP contribution in [-0.2, 0) is 9.59 Å². The number of hydrogen-bond acceptors (Lipinski definition) is 3. The van der Waals surface area contributed by atoms with Gasteiger partial charge in [0.2, 0.25) is 5.91 Å². The van der Waals surface area contributed by atoms with E-state index in [9.17, 15) is 9.59 Å². The number of aromatic nitrogens is 2. The van der Waals surface area contributed by atoms with Gasteiger partial charge in [-0.1, -0.05) is 26.0 Å². The molecule has 0 aliphatic heterocycles. The summed E-state index contributed by atoms with van der Waals surface area (Å²) in [5.41, 5.74) is 1.42. The van der Waals surface area contributed by atoms with Gasteiger partial charge in [0.1, 0.15) is 0 Å². The predicted octanol–water partition coefficient (Wildman–Crippen LogP) is 2.94. The van der Waals surface area contributed by atoms with Crippen LogP contribution in [0.25, 0.3) is 5.69 Å². The number of hydrogen-bond donors (Lipinski definition) is 2. The molecule has 1 aromatic heterocycles. The van der Waals surface area contributed by atoms with Crippen molar-refractivity contribution in [3.63, 3.8) is 0 Å². The third kappa shape index (κ3) is 4.94. The van der Waals surface area contributed by atoms with Crippen LogP contribution in [0.3, 0.4) is 0 Å². The van der Waals surface area contributed by atoms with Gasteiger partial charge in [-0.2, -0.15) is 0 Å². The Labute approximate surface area is 141 Å². The number of carbonyl (C=O) groups is 2. The molecule has 6 nitrogen and oxygen atoms in total. The second-order valence-electron chi connectivity index (χ2n) is 6.76. The first-order chi connectivity index (χ1) is 11.3. The van der Waals surface area contributed by atoms with E-state index in [1.54, 1.807) is 26.4 Å². The number of carboxylic acid groups (broad SMARTS) is 1. The van der Waals surface area contributed by atoms with Gasteiger partial charge < -0.3 is 15.0 Å². The van der Waals surface area contributed by atoms with Crippen molar-refractivity contribution in [3.8, 4) is 5.69 Å². The maximum atomic E-state index is 12.2. The Hall–Kier alpha value is -2.63. The smallest absolute Gasteiger partial charge is 0.303 e. The molecular weight excluding hydrogens is 306 g/mol. The molecule has 0 bridgehead atoms. The molecule has 2 N–H and O–H groups in total. The SMILES string of the molecule is C[C@H](NC(=O)CC(C)(C)CC(=O)O)c1ccc(-n2ccnc2)cc1. The number of amides is 1. The van der Waals surface area contributed by atoms with E-state index in [4.69, 9.17) is 5.11 Å². The fraction of sp³-hybridized carbons (Fsp3) is 0.389. The van der Waals surface area contributed by atoms with E-state index in [2.05, 4.69) is 10.3 Å². The van der Waals surface area contributed by atoms with Crippen LogP contribution >= 0.6 is 0 Å². The number of nitrogens with zero attached hydrogens (tertiary/aromatic N) is 2. The van der Waals surface area contributed by atoms with Gasteiger partial charge in [-0.25, -0.2) is 4.98 Å². The summed E-state index contributed by atoms with van der Waals surface area (Å²) in [5, 5.41) is 11.8. The van der Waals surface area contributed by atoms with Crippen LogP contribution in [0.2, 0.25) is 0 Å². The number of imidazole rings is 1. The van der Waals surface area contributed by atoms with Crippen LogP contribution < -0.4 is 5.32 Å². The topological polar surface area (TPSA) is 84.2 Å². The lowest BCUT2D eigenvalue weighted by Crippen LogP contribution is -2.31. The van der Waals surface area contributed by atoms with Gasteiger partial charge in [-0.05, 0) is 30.0 Å². The zero-order chi connectivity index (χ0) is 17.7. The van der Waals surface area contributed by atoms with E-state index in [1.807, 2.05) is 42.0 Å². The molecular formula is C18H23N3O3. The minimum Gasteiger partial charge on any atom is -0.481 e. The molecule has 0 fully saturated rings. The molecule has 2 rings (SSSR count). The van der Waals surface area contributed by atoms with E-state index in [-0.39, 0.29) is 24.8 Å². The largest absolute Gasteiger partial charge is 0.481 e. The summed E-state index contributed by atoms with van der Waals surface area (Å²) in [6, 6.07) is 7.71. The quantitative estimate of drug-likeness (QED) is 0.818. The predicted molar refractivity (Wildman–Crippen MR) is 90.8 cm³/mol. The minimum absolute atomic E-state index is 0.0333. The monoisotopic (exact) mass is 329 g/mol.